The highest BCUT2D eigenvalue weighted by molar-refractivity contribution is 6.30. The van der Waals surface area contributed by atoms with Crippen LogP contribution in [-0.4, -0.2) is 29.2 Å². The average Bonchev–Trinajstić information content (AvgIpc) is 2.74. The molecule has 2 fully saturated rings. The zero-order chi connectivity index (χ0) is 17.5. The molecule has 1 aromatic rings. The van der Waals surface area contributed by atoms with Crippen molar-refractivity contribution in [1.29, 1.82) is 0 Å². The molecule has 2 unspecified atom stereocenters. The molecule has 24 heavy (non-hydrogen) atoms. The van der Waals surface area contributed by atoms with Crippen molar-refractivity contribution in [3.8, 4) is 0 Å². The number of amides is 1. The molecule has 0 aromatic heterocycles. The number of benzene rings is 1. The van der Waals surface area contributed by atoms with Crippen molar-refractivity contribution in [2.24, 2.45) is 10.8 Å². The largest absolute Gasteiger partial charge is 0.339 e. The Morgan fingerprint density at radius 1 is 1.12 bits per heavy atom. The summed E-state index contributed by atoms with van der Waals surface area (Å²) in [7, 11) is 0. The maximum atomic E-state index is 12.7. The van der Waals surface area contributed by atoms with Crippen LogP contribution in [0.3, 0.4) is 0 Å². The van der Waals surface area contributed by atoms with Gasteiger partial charge in [0.05, 0.1) is 0 Å². The van der Waals surface area contributed by atoms with Crippen LogP contribution in [0.15, 0.2) is 24.3 Å². The van der Waals surface area contributed by atoms with Crippen molar-refractivity contribution in [2.75, 3.05) is 6.54 Å². The number of hydrogen-bond donors (Lipinski definition) is 0. The van der Waals surface area contributed by atoms with E-state index >= 15 is 0 Å². The Morgan fingerprint density at radius 3 is 2.46 bits per heavy atom. The first-order chi connectivity index (χ1) is 11.2. The molecule has 3 rings (SSSR count). The van der Waals surface area contributed by atoms with Crippen molar-refractivity contribution in [2.45, 2.75) is 58.9 Å². The highest BCUT2D eigenvalue weighted by Gasteiger charge is 2.50. The maximum absolute atomic E-state index is 12.7. The van der Waals surface area contributed by atoms with Crippen LogP contribution in [0.1, 0.15) is 63.2 Å². The van der Waals surface area contributed by atoms with Gasteiger partial charge in [-0.2, -0.15) is 0 Å². The number of carbonyl (C=O) groups excluding carboxylic acids is 2. The van der Waals surface area contributed by atoms with E-state index in [0.29, 0.717) is 28.5 Å². The molecule has 1 saturated heterocycles. The molecule has 4 heteroatoms. The Balaban J connectivity index is 1.60. The van der Waals surface area contributed by atoms with E-state index in [4.69, 9.17) is 11.6 Å². The molecule has 0 N–H and O–H groups in total. The summed E-state index contributed by atoms with van der Waals surface area (Å²) in [5.74, 6) is 0.137. The summed E-state index contributed by atoms with van der Waals surface area (Å²) >= 11 is 5.85. The molecule has 2 bridgehead atoms. The van der Waals surface area contributed by atoms with Gasteiger partial charge in [-0.3, -0.25) is 9.59 Å². The smallest absolute Gasteiger partial charge is 0.223 e. The van der Waals surface area contributed by atoms with Crippen LogP contribution in [0, 0.1) is 10.8 Å². The fourth-order valence-electron chi connectivity index (χ4n) is 4.90. The van der Waals surface area contributed by atoms with E-state index in [2.05, 4.69) is 20.8 Å². The van der Waals surface area contributed by atoms with Gasteiger partial charge in [0.1, 0.15) is 0 Å². The van der Waals surface area contributed by atoms with Gasteiger partial charge >= 0.3 is 0 Å². The number of halogens is 1. The van der Waals surface area contributed by atoms with Gasteiger partial charge in [0.2, 0.25) is 5.91 Å². The standard InChI is InChI=1S/C20H26ClNO2/c1-19(2)10-16-11-20(3,12-19)13-22(16)18(24)9-8-17(23)14-4-6-15(21)7-5-14/h4-7,16H,8-13H2,1-3H3. The fraction of sp³-hybridized carbons (Fsp3) is 0.600. The highest BCUT2D eigenvalue weighted by atomic mass is 35.5. The van der Waals surface area contributed by atoms with E-state index in [1.165, 1.54) is 6.42 Å². The number of carbonyl (C=O) groups is 2. The molecule has 1 aromatic carbocycles. The molecule has 3 nitrogen and oxygen atoms in total. The third kappa shape index (κ3) is 3.66. The topological polar surface area (TPSA) is 37.4 Å². The molecule has 2 aliphatic rings. The number of ketones is 1. The lowest BCUT2D eigenvalue weighted by atomic mass is 9.65. The van der Waals surface area contributed by atoms with Gasteiger partial charge < -0.3 is 4.90 Å². The number of hydrogen-bond acceptors (Lipinski definition) is 2. The predicted molar refractivity (Wildman–Crippen MR) is 96.3 cm³/mol. The first-order valence-corrected chi connectivity index (χ1v) is 9.14. The van der Waals surface area contributed by atoms with Crippen LogP contribution in [0.25, 0.3) is 0 Å². The van der Waals surface area contributed by atoms with Gasteiger partial charge in [0.15, 0.2) is 5.78 Å². The van der Waals surface area contributed by atoms with Gasteiger partial charge in [-0.05, 0) is 54.4 Å². The Morgan fingerprint density at radius 2 is 1.79 bits per heavy atom. The zero-order valence-corrected chi connectivity index (χ0v) is 15.5. The molecular weight excluding hydrogens is 322 g/mol. The van der Waals surface area contributed by atoms with E-state index in [9.17, 15) is 9.59 Å². The second kappa shape index (κ2) is 6.18. The van der Waals surface area contributed by atoms with Crippen molar-refractivity contribution in [3.05, 3.63) is 34.9 Å². The number of nitrogens with zero attached hydrogens (tertiary/aromatic N) is 1. The van der Waals surface area contributed by atoms with Gasteiger partial charge in [0.25, 0.3) is 0 Å². The SMILES string of the molecule is CC1(C)CC2CC(C)(CN2C(=O)CCC(=O)c2ccc(Cl)cc2)C1. The summed E-state index contributed by atoms with van der Waals surface area (Å²) in [6, 6.07) is 7.21. The third-order valence-corrected chi connectivity index (χ3v) is 5.72. The molecule has 1 amide bonds. The second-order valence-corrected chi connectivity index (χ2v) is 9.10. The van der Waals surface area contributed by atoms with E-state index < -0.39 is 0 Å². The molecule has 2 atom stereocenters. The van der Waals surface area contributed by atoms with Gasteiger partial charge in [-0.25, -0.2) is 0 Å². The summed E-state index contributed by atoms with van der Waals surface area (Å²) < 4.78 is 0. The minimum atomic E-state index is 0.00808. The quantitative estimate of drug-likeness (QED) is 0.738. The van der Waals surface area contributed by atoms with Crippen LogP contribution in [-0.2, 0) is 4.79 Å². The molecule has 1 aliphatic heterocycles. The lowest BCUT2D eigenvalue weighted by Gasteiger charge is -2.39. The van der Waals surface area contributed by atoms with Crippen LogP contribution in [0.5, 0.6) is 0 Å². The van der Waals surface area contributed by atoms with Crippen molar-refractivity contribution >= 4 is 23.3 Å². The van der Waals surface area contributed by atoms with Crippen LogP contribution < -0.4 is 0 Å². The summed E-state index contributed by atoms with van der Waals surface area (Å²) in [6.45, 7) is 7.74. The molecule has 0 spiro atoms. The Bertz CT molecular complexity index is 652. The van der Waals surface area contributed by atoms with Crippen LogP contribution in [0.4, 0.5) is 0 Å². The Kier molecular flexibility index (Phi) is 4.50. The Hall–Kier alpha value is -1.35. The first-order valence-electron chi connectivity index (χ1n) is 8.76. The van der Waals surface area contributed by atoms with Gasteiger partial charge in [0, 0.05) is 36.0 Å². The van der Waals surface area contributed by atoms with E-state index in [1.807, 2.05) is 4.90 Å². The maximum Gasteiger partial charge on any atom is 0.223 e. The van der Waals surface area contributed by atoms with Gasteiger partial charge in [-0.15, -0.1) is 0 Å². The molecule has 1 saturated carbocycles. The van der Waals surface area contributed by atoms with Crippen LogP contribution >= 0.6 is 11.6 Å². The van der Waals surface area contributed by atoms with Crippen LogP contribution in [0.2, 0.25) is 5.02 Å². The number of fused-ring (bicyclic) bond motifs is 2. The summed E-state index contributed by atoms with van der Waals surface area (Å²) in [4.78, 5) is 27.0. The fourth-order valence-corrected chi connectivity index (χ4v) is 5.02. The first kappa shape index (κ1) is 17.5. The summed E-state index contributed by atoms with van der Waals surface area (Å²) in [6.07, 6.45) is 3.91. The minimum absolute atomic E-state index is 0.00808. The summed E-state index contributed by atoms with van der Waals surface area (Å²) in [5.41, 5.74) is 1.16. The normalized spacial score (nSPS) is 28.0. The molecule has 0 radical (unpaired) electrons. The highest BCUT2D eigenvalue weighted by Crippen LogP contribution is 2.52. The van der Waals surface area contributed by atoms with Gasteiger partial charge in [-0.1, -0.05) is 32.4 Å². The van der Waals surface area contributed by atoms with Crippen molar-refractivity contribution in [3.63, 3.8) is 0 Å². The molecule has 1 aliphatic carbocycles. The minimum Gasteiger partial charge on any atom is -0.339 e. The lowest BCUT2D eigenvalue weighted by molar-refractivity contribution is -0.132. The zero-order valence-electron chi connectivity index (χ0n) is 14.8. The number of Topliss-reactive ketones (excluding diaryl/α,β-unsaturated/α-hetero) is 1. The third-order valence-electron chi connectivity index (χ3n) is 5.47. The van der Waals surface area contributed by atoms with Crippen molar-refractivity contribution in [1.82, 2.24) is 4.90 Å². The second-order valence-electron chi connectivity index (χ2n) is 8.67. The van der Waals surface area contributed by atoms with E-state index in [0.717, 1.165) is 19.4 Å². The number of likely N-dealkylation sites (tertiary alicyclic amines) is 1. The average molecular weight is 348 g/mol. The Labute approximate surface area is 149 Å². The molecular formula is C20H26ClNO2. The lowest BCUT2D eigenvalue weighted by Crippen LogP contribution is -2.37. The van der Waals surface area contributed by atoms with E-state index in [1.54, 1.807) is 24.3 Å². The summed E-state index contributed by atoms with van der Waals surface area (Å²) in [5, 5.41) is 0.614. The van der Waals surface area contributed by atoms with Crippen molar-refractivity contribution < 1.29 is 9.59 Å². The predicted octanol–water partition coefficient (Wildman–Crippen LogP) is 4.73. The molecule has 130 valence electrons. The number of rotatable bonds is 4. The monoisotopic (exact) mass is 347 g/mol. The van der Waals surface area contributed by atoms with E-state index in [-0.39, 0.29) is 23.5 Å². The molecule has 1 heterocycles.